The average molecular weight is 395 g/mol. The molecule has 156 valence electrons. The zero-order chi connectivity index (χ0) is 20.7. The SMILES string of the molecule is C=C(C(F)=CC(=CC)N1CC(CNC(C)=O)OC1O)N1C=NN(CCC)CC1. The number of rotatable bonds is 8. The van der Waals surface area contributed by atoms with E-state index >= 15 is 0 Å². The van der Waals surface area contributed by atoms with Gasteiger partial charge in [0.15, 0.2) is 0 Å². The Hall–Kier alpha value is -2.39. The lowest BCUT2D eigenvalue weighted by Gasteiger charge is -2.30. The molecule has 1 saturated heterocycles. The number of amides is 1. The summed E-state index contributed by atoms with van der Waals surface area (Å²) in [6, 6.07) is 0. The summed E-state index contributed by atoms with van der Waals surface area (Å²) in [6.45, 7) is 11.9. The van der Waals surface area contributed by atoms with E-state index in [1.54, 1.807) is 24.2 Å². The molecular weight excluding hydrogens is 365 g/mol. The third kappa shape index (κ3) is 5.80. The van der Waals surface area contributed by atoms with Crippen molar-refractivity contribution in [1.82, 2.24) is 20.1 Å². The van der Waals surface area contributed by atoms with Crippen LogP contribution in [0.3, 0.4) is 0 Å². The molecule has 0 aromatic heterocycles. The summed E-state index contributed by atoms with van der Waals surface area (Å²) in [5.41, 5.74) is 0.682. The lowest BCUT2D eigenvalue weighted by molar-refractivity contribution is -0.140. The van der Waals surface area contributed by atoms with E-state index in [0.29, 0.717) is 25.3 Å². The van der Waals surface area contributed by atoms with E-state index in [2.05, 4.69) is 23.9 Å². The van der Waals surface area contributed by atoms with Gasteiger partial charge in [-0.2, -0.15) is 5.10 Å². The lowest BCUT2D eigenvalue weighted by Crippen LogP contribution is -2.37. The first kappa shape index (κ1) is 21.9. The van der Waals surface area contributed by atoms with Crippen LogP contribution < -0.4 is 5.32 Å². The van der Waals surface area contributed by atoms with Crippen molar-refractivity contribution in [3.63, 3.8) is 0 Å². The molecular formula is C19H30FN5O3. The Labute approximate surface area is 165 Å². The third-order valence-corrected chi connectivity index (χ3v) is 4.52. The summed E-state index contributed by atoms with van der Waals surface area (Å²) < 4.78 is 20.2. The summed E-state index contributed by atoms with van der Waals surface area (Å²) in [5.74, 6) is -0.688. The van der Waals surface area contributed by atoms with Gasteiger partial charge in [0, 0.05) is 32.3 Å². The van der Waals surface area contributed by atoms with Gasteiger partial charge in [0.1, 0.15) is 12.2 Å². The molecule has 2 heterocycles. The standard InChI is InChI=1S/C19H30FN5O3/c1-5-7-24-9-8-23(13-22-24)14(3)18(20)10-16(6-2)25-12-17(28-19(25)27)11-21-15(4)26/h6,10,13,17,19,27H,3,5,7-9,11-12H2,1-2,4H3,(H,21,26). The van der Waals surface area contributed by atoms with E-state index in [9.17, 15) is 14.3 Å². The highest BCUT2D eigenvalue weighted by molar-refractivity contribution is 5.72. The number of allylic oxidation sites excluding steroid dienone is 3. The molecule has 28 heavy (non-hydrogen) atoms. The van der Waals surface area contributed by atoms with E-state index < -0.39 is 12.2 Å². The quantitative estimate of drug-likeness (QED) is 0.604. The largest absolute Gasteiger partial charge is 0.354 e. The maximum Gasteiger partial charge on any atom is 0.238 e. The Balaban J connectivity index is 2.00. The highest BCUT2D eigenvalue weighted by Crippen LogP contribution is 2.24. The normalized spacial score (nSPS) is 23.4. The van der Waals surface area contributed by atoms with Crippen LogP contribution in [-0.4, -0.2) is 77.4 Å². The molecule has 0 spiro atoms. The van der Waals surface area contributed by atoms with Crippen LogP contribution in [0.5, 0.6) is 0 Å². The average Bonchev–Trinajstić information content (AvgIpc) is 3.05. The molecule has 1 amide bonds. The number of carbonyl (C=O) groups excluding carboxylic acids is 1. The first-order chi connectivity index (χ1) is 13.3. The fourth-order valence-corrected chi connectivity index (χ4v) is 2.99. The minimum absolute atomic E-state index is 0.175. The summed E-state index contributed by atoms with van der Waals surface area (Å²) in [4.78, 5) is 14.2. The second-order valence-electron chi connectivity index (χ2n) is 6.70. The highest BCUT2D eigenvalue weighted by Gasteiger charge is 2.32. The molecule has 2 N–H and O–H groups in total. The van der Waals surface area contributed by atoms with Crippen LogP contribution in [-0.2, 0) is 9.53 Å². The number of carbonyl (C=O) groups is 1. The minimum atomic E-state index is -1.21. The van der Waals surface area contributed by atoms with Gasteiger partial charge in [-0.3, -0.25) is 9.80 Å². The first-order valence-corrected chi connectivity index (χ1v) is 9.48. The maximum atomic E-state index is 14.8. The lowest BCUT2D eigenvalue weighted by atomic mass is 10.2. The molecule has 0 bridgehead atoms. The molecule has 2 unspecified atom stereocenters. The molecule has 8 nitrogen and oxygen atoms in total. The maximum absolute atomic E-state index is 14.8. The molecule has 1 fully saturated rings. The number of aliphatic hydroxyl groups excluding tert-OH is 1. The van der Waals surface area contributed by atoms with Gasteiger partial charge in [-0.05, 0) is 19.4 Å². The van der Waals surface area contributed by atoms with Crippen LogP contribution in [0.25, 0.3) is 0 Å². The van der Waals surface area contributed by atoms with Crippen LogP contribution in [0.4, 0.5) is 4.39 Å². The van der Waals surface area contributed by atoms with E-state index in [1.165, 1.54) is 17.9 Å². The number of hydrazone groups is 1. The third-order valence-electron chi connectivity index (χ3n) is 4.52. The van der Waals surface area contributed by atoms with Crippen LogP contribution in [0.15, 0.2) is 41.1 Å². The van der Waals surface area contributed by atoms with Crippen LogP contribution in [0.2, 0.25) is 0 Å². The summed E-state index contributed by atoms with van der Waals surface area (Å²) in [6.07, 6.45) is 4.01. The van der Waals surface area contributed by atoms with E-state index in [-0.39, 0.29) is 24.3 Å². The van der Waals surface area contributed by atoms with E-state index in [1.807, 2.05) is 5.01 Å². The van der Waals surface area contributed by atoms with Crippen molar-refractivity contribution in [1.29, 1.82) is 0 Å². The number of hydrogen-bond acceptors (Lipinski definition) is 7. The number of aliphatic hydroxyl groups is 1. The monoisotopic (exact) mass is 395 g/mol. The van der Waals surface area contributed by atoms with Gasteiger partial charge >= 0.3 is 0 Å². The number of halogens is 1. The van der Waals surface area contributed by atoms with Crippen LogP contribution in [0.1, 0.15) is 27.2 Å². The predicted molar refractivity (Wildman–Crippen MR) is 105 cm³/mol. The van der Waals surface area contributed by atoms with Crippen molar-refractivity contribution in [2.45, 2.75) is 39.7 Å². The van der Waals surface area contributed by atoms with Crippen LogP contribution >= 0.6 is 0 Å². The number of nitrogens with zero attached hydrogens (tertiary/aromatic N) is 4. The van der Waals surface area contributed by atoms with Crippen molar-refractivity contribution >= 4 is 12.2 Å². The van der Waals surface area contributed by atoms with Gasteiger partial charge in [0.2, 0.25) is 12.3 Å². The van der Waals surface area contributed by atoms with Gasteiger partial charge < -0.3 is 25.0 Å². The predicted octanol–water partition coefficient (Wildman–Crippen LogP) is 1.34. The Morgan fingerprint density at radius 2 is 2.25 bits per heavy atom. The molecule has 2 aliphatic heterocycles. The fraction of sp³-hybridized carbons (Fsp3) is 0.579. The number of hydrogen-bond donors (Lipinski definition) is 2. The second kappa shape index (κ2) is 10.2. The van der Waals surface area contributed by atoms with Gasteiger partial charge in [-0.25, -0.2) is 4.39 Å². The Morgan fingerprint density at radius 3 is 2.82 bits per heavy atom. The smallest absolute Gasteiger partial charge is 0.238 e. The molecule has 2 aliphatic rings. The van der Waals surface area contributed by atoms with E-state index in [4.69, 9.17) is 4.74 Å². The Kier molecular flexibility index (Phi) is 8.01. The fourth-order valence-electron chi connectivity index (χ4n) is 2.99. The molecule has 0 saturated carbocycles. The van der Waals surface area contributed by atoms with Gasteiger partial charge in [0.05, 0.1) is 24.9 Å². The summed E-state index contributed by atoms with van der Waals surface area (Å²) in [7, 11) is 0. The second-order valence-corrected chi connectivity index (χ2v) is 6.70. The first-order valence-electron chi connectivity index (χ1n) is 9.48. The van der Waals surface area contributed by atoms with Crippen molar-refractivity contribution in [3.05, 3.63) is 36.0 Å². The molecule has 0 aliphatic carbocycles. The van der Waals surface area contributed by atoms with Crippen molar-refractivity contribution in [2.75, 3.05) is 32.7 Å². The molecule has 0 aromatic carbocycles. The summed E-state index contributed by atoms with van der Waals surface area (Å²) in [5, 5.41) is 19.0. The van der Waals surface area contributed by atoms with Crippen molar-refractivity contribution in [2.24, 2.45) is 5.10 Å². The molecule has 2 rings (SSSR count). The Bertz CT molecular complexity index is 664. The molecule has 9 heteroatoms. The van der Waals surface area contributed by atoms with Crippen molar-refractivity contribution in [3.8, 4) is 0 Å². The van der Waals surface area contributed by atoms with Crippen molar-refractivity contribution < 1.29 is 19.0 Å². The van der Waals surface area contributed by atoms with Gasteiger partial charge in [0.25, 0.3) is 0 Å². The highest BCUT2D eigenvalue weighted by atomic mass is 19.1. The zero-order valence-electron chi connectivity index (χ0n) is 16.8. The zero-order valence-corrected chi connectivity index (χ0v) is 16.8. The van der Waals surface area contributed by atoms with E-state index in [0.717, 1.165) is 13.0 Å². The number of ether oxygens (including phenoxy) is 1. The van der Waals surface area contributed by atoms with Gasteiger partial charge in [-0.15, -0.1) is 0 Å². The topological polar surface area (TPSA) is 80.6 Å². The summed E-state index contributed by atoms with van der Waals surface area (Å²) >= 11 is 0. The minimum Gasteiger partial charge on any atom is -0.354 e. The van der Waals surface area contributed by atoms with Crippen LogP contribution in [0, 0.1) is 0 Å². The molecule has 0 aromatic rings. The van der Waals surface area contributed by atoms with Gasteiger partial charge in [-0.1, -0.05) is 19.6 Å². The molecule has 0 radical (unpaired) electrons. The molecule has 2 atom stereocenters. The number of nitrogens with one attached hydrogen (secondary N) is 1. The Morgan fingerprint density at radius 1 is 1.50 bits per heavy atom.